The molecule has 0 saturated heterocycles. The minimum Gasteiger partial charge on any atom is -0.465 e. The molecular formula is C14H16N4O4. The maximum absolute atomic E-state index is 12.2. The van der Waals surface area contributed by atoms with E-state index in [4.69, 9.17) is 16.3 Å². The molecule has 8 heteroatoms. The predicted molar refractivity (Wildman–Crippen MR) is 76.7 cm³/mol. The number of esters is 1. The predicted octanol–water partition coefficient (Wildman–Crippen LogP) is -0.221. The Bertz CT molecular complexity index is 621. The van der Waals surface area contributed by atoms with Crippen molar-refractivity contribution in [2.24, 2.45) is 11.6 Å². The average Bonchev–Trinajstić information content (AvgIpc) is 2.71. The minimum absolute atomic E-state index is 0.169. The third-order valence-corrected chi connectivity index (χ3v) is 2.97. The molecule has 1 aliphatic rings. The van der Waals surface area contributed by atoms with Crippen LogP contribution in [0.1, 0.15) is 27.6 Å². The largest absolute Gasteiger partial charge is 0.465 e. The normalized spacial score (nSPS) is 14.1. The Morgan fingerprint density at radius 1 is 1.27 bits per heavy atom. The van der Waals surface area contributed by atoms with Crippen LogP contribution in [-0.4, -0.2) is 40.8 Å². The molecule has 4 N–H and O–H groups in total. The molecule has 8 nitrogen and oxygen atoms in total. The Hall–Kier alpha value is -2.87. The van der Waals surface area contributed by atoms with Crippen molar-refractivity contribution in [2.75, 3.05) is 13.2 Å². The summed E-state index contributed by atoms with van der Waals surface area (Å²) in [7, 11) is 0. The quantitative estimate of drug-likeness (QED) is 0.334. The molecule has 1 aromatic rings. The number of amides is 2. The fourth-order valence-electron chi connectivity index (χ4n) is 2.05. The highest BCUT2D eigenvalue weighted by molar-refractivity contribution is 6.22. The van der Waals surface area contributed by atoms with Gasteiger partial charge >= 0.3 is 5.97 Å². The van der Waals surface area contributed by atoms with Crippen LogP contribution in [0.25, 0.3) is 0 Å². The lowest BCUT2D eigenvalue weighted by Crippen LogP contribution is -2.38. The summed E-state index contributed by atoms with van der Waals surface area (Å²) < 4.78 is 4.73. The topological polar surface area (TPSA) is 119 Å². The van der Waals surface area contributed by atoms with Crippen molar-refractivity contribution in [2.45, 2.75) is 6.92 Å². The van der Waals surface area contributed by atoms with Crippen LogP contribution in [0, 0.1) is 0 Å². The van der Waals surface area contributed by atoms with E-state index in [1.807, 2.05) is 0 Å². The van der Waals surface area contributed by atoms with E-state index in [1.165, 1.54) is 0 Å². The molecule has 22 heavy (non-hydrogen) atoms. The van der Waals surface area contributed by atoms with Gasteiger partial charge in [0.15, 0.2) is 0 Å². The average molecular weight is 304 g/mol. The lowest BCUT2D eigenvalue weighted by molar-refractivity contribution is -0.143. The number of ether oxygens (including phenoxy) is 1. The first kappa shape index (κ1) is 15.5. The van der Waals surface area contributed by atoms with Crippen molar-refractivity contribution in [3.63, 3.8) is 0 Å². The van der Waals surface area contributed by atoms with E-state index in [0.29, 0.717) is 0 Å². The van der Waals surface area contributed by atoms with E-state index in [0.717, 1.165) is 16.1 Å². The molecular weight excluding hydrogens is 288 g/mol. The zero-order valence-corrected chi connectivity index (χ0v) is 12.0. The van der Waals surface area contributed by atoms with Crippen molar-refractivity contribution in [3.8, 4) is 0 Å². The smallest absolute Gasteiger partial charge is 0.327 e. The van der Waals surface area contributed by atoms with Gasteiger partial charge in [-0.15, -0.1) is 0 Å². The number of nitrogens with zero attached hydrogens (tertiary/aromatic N) is 2. The number of hydrogen-bond donors (Lipinski definition) is 2. The Labute approximate surface area is 126 Å². The Morgan fingerprint density at radius 3 is 2.32 bits per heavy atom. The maximum atomic E-state index is 12.2. The van der Waals surface area contributed by atoms with Crippen molar-refractivity contribution < 1.29 is 19.1 Å². The van der Waals surface area contributed by atoms with Crippen LogP contribution in [0.4, 0.5) is 0 Å². The van der Waals surface area contributed by atoms with Gasteiger partial charge in [-0.2, -0.15) is 0 Å². The van der Waals surface area contributed by atoms with Gasteiger partial charge in [-0.05, 0) is 19.1 Å². The van der Waals surface area contributed by atoms with E-state index >= 15 is 0 Å². The summed E-state index contributed by atoms with van der Waals surface area (Å²) in [5.74, 6) is 3.83. The number of benzene rings is 1. The van der Waals surface area contributed by atoms with Gasteiger partial charge in [0.25, 0.3) is 11.8 Å². The van der Waals surface area contributed by atoms with E-state index in [9.17, 15) is 14.4 Å². The number of carbonyl (C=O) groups is 3. The van der Waals surface area contributed by atoms with Gasteiger partial charge in [-0.25, -0.2) is 10.7 Å². The van der Waals surface area contributed by atoms with E-state index in [2.05, 4.69) is 0 Å². The Kier molecular flexibility index (Phi) is 4.42. The highest BCUT2D eigenvalue weighted by Crippen LogP contribution is 2.24. The van der Waals surface area contributed by atoms with Gasteiger partial charge in [-0.1, -0.05) is 12.1 Å². The molecule has 0 fully saturated rings. The monoisotopic (exact) mass is 304 g/mol. The van der Waals surface area contributed by atoms with E-state index < -0.39 is 17.8 Å². The minimum atomic E-state index is -0.545. The molecule has 2 amide bonds. The number of fused-ring (bicyclic) bond motifs is 1. The summed E-state index contributed by atoms with van der Waals surface area (Å²) in [6.07, 6.45) is 1.14. The molecule has 0 aliphatic carbocycles. The summed E-state index contributed by atoms with van der Waals surface area (Å²) in [5, 5.41) is 0.955. The molecule has 0 bridgehead atoms. The highest BCUT2D eigenvalue weighted by atomic mass is 16.5. The van der Waals surface area contributed by atoms with Crippen LogP contribution in [0.5, 0.6) is 0 Å². The molecule has 116 valence electrons. The van der Waals surface area contributed by atoms with Gasteiger partial charge in [0.1, 0.15) is 12.4 Å². The van der Waals surface area contributed by atoms with Crippen LogP contribution >= 0.6 is 0 Å². The lowest BCUT2D eigenvalue weighted by atomic mass is 10.1. The third kappa shape index (κ3) is 2.91. The second kappa shape index (κ2) is 6.27. The van der Waals surface area contributed by atoms with Crippen LogP contribution in [0.3, 0.4) is 0 Å². The summed E-state index contributed by atoms with van der Waals surface area (Å²) in [6.45, 7) is 1.64. The van der Waals surface area contributed by atoms with Crippen molar-refractivity contribution in [3.05, 3.63) is 47.4 Å². The molecule has 0 radical (unpaired) electrons. The second-order valence-corrected chi connectivity index (χ2v) is 4.52. The number of imide groups is 1. The van der Waals surface area contributed by atoms with Crippen molar-refractivity contribution in [1.82, 2.24) is 9.91 Å². The van der Waals surface area contributed by atoms with Gasteiger partial charge in [0.2, 0.25) is 0 Å². The van der Waals surface area contributed by atoms with E-state index in [-0.39, 0.29) is 30.1 Å². The zero-order valence-electron chi connectivity index (χ0n) is 12.0. The molecule has 0 unspecified atom stereocenters. The molecule has 0 saturated carbocycles. The lowest BCUT2D eigenvalue weighted by Gasteiger charge is -2.18. The summed E-state index contributed by atoms with van der Waals surface area (Å²) in [5.41, 5.74) is 6.31. The molecule has 0 atom stereocenters. The van der Waals surface area contributed by atoms with Crippen LogP contribution in [0.15, 0.2) is 36.3 Å². The highest BCUT2D eigenvalue weighted by Gasteiger charge is 2.36. The summed E-state index contributed by atoms with van der Waals surface area (Å²) >= 11 is 0. The third-order valence-electron chi connectivity index (χ3n) is 2.97. The molecule has 0 aromatic heterocycles. The van der Waals surface area contributed by atoms with Gasteiger partial charge in [-0.3, -0.25) is 14.4 Å². The molecule has 1 heterocycles. The van der Waals surface area contributed by atoms with Crippen molar-refractivity contribution >= 4 is 17.8 Å². The summed E-state index contributed by atoms with van der Waals surface area (Å²) in [6, 6.07) is 6.40. The first-order chi connectivity index (χ1) is 10.5. The Balaban J connectivity index is 2.15. The molecule has 0 spiro atoms. The first-order valence-corrected chi connectivity index (χ1v) is 6.57. The van der Waals surface area contributed by atoms with Gasteiger partial charge < -0.3 is 15.5 Å². The van der Waals surface area contributed by atoms with Crippen LogP contribution in [-0.2, 0) is 9.53 Å². The second-order valence-electron chi connectivity index (χ2n) is 4.52. The van der Waals surface area contributed by atoms with Crippen LogP contribution in [0.2, 0.25) is 0 Å². The number of hydrazine groups is 1. The molecule has 1 aliphatic heterocycles. The van der Waals surface area contributed by atoms with Gasteiger partial charge in [0.05, 0.1) is 23.9 Å². The van der Waals surface area contributed by atoms with E-state index in [1.54, 1.807) is 31.2 Å². The number of carbonyl (C=O) groups excluding carboxylic acids is 3. The molecule has 1 aromatic carbocycles. The standard InChI is InChI=1S/C14H16N4O4/c1-2-22-12(19)8-17(16)7-11(15)18-13(20)9-5-3-4-6-10(9)14(18)21/h3-7H,2,8,15-16H2,1H3/b11-7+. The van der Waals surface area contributed by atoms with Crippen molar-refractivity contribution in [1.29, 1.82) is 0 Å². The Morgan fingerprint density at radius 2 is 1.82 bits per heavy atom. The fraction of sp³-hybridized carbons (Fsp3) is 0.214. The first-order valence-electron chi connectivity index (χ1n) is 6.57. The maximum Gasteiger partial charge on any atom is 0.327 e. The van der Waals surface area contributed by atoms with Gasteiger partial charge in [0, 0.05) is 0 Å². The fourth-order valence-corrected chi connectivity index (χ4v) is 2.05. The summed E-state index contributed by atoms with van der Waals surface area (Å²) in [4.78, 5) is 36.5. The number of hydrogen-bond acceptors (Lipinski definition) is 7. The number of rotatable bonds is 5. The number of nitrogens with two attached hydrogens (primary N) is 2. The SMILES string of the molecule is CCOC(=O)CN(N)/C=C(\N)N1C(=O)c2ccccc2C1=O. The zero-order chi connectivity index (χ0) is 16.3. The van der Waals surface area contributed by atoms with Crippen LogP contribution < -0.4 is 11.6 Å². The molecule has 2 rings (SSSR count).